The summed E-state index contributed by atoms with van der Waals surface area (Å²) in [7, 11) is 0. The second-order valence-corrected chi connectivity index (χ2v) is 2.15. The molecule has 0 spiro atoms. The van der Waals surface area contributed by atoms with Gasteiger partial charge in [0.2, 0.25) is 5.88 Å². The van der Waals surface area contributed by atoms with Crippen molar-refractivity contribution in [2.45, 2.75) is 20.4 Å². The van der Waals surface area contributed by atoms with Crippen LogP contribution < -0.4 is 4.74 Å². The van der Waals surface area contributed by atoms with Gasteiger partial charge in [0.25, 0.3) is 0 Å². The molecule has 0 aliphatic carbocycles. The zero-order valence-electron chi connectivity index (χ0n) is 7.16. The Morgan fingerprint density at radius 2 is 2.42 bits per heavy atom. The molecule has 1 aromatic heterocycles. The number of aryl methyl sites for hydroxylation is 1. The Hall–Kier alpha value is -1.50. The van der Waals surface area contributed by atoms with Crippen molar-refractivity contribution in [3.05, 3.63) is 11.8 Å². The maximum atomic E-state index is 8.64. The number of aromatic nitrogens is 2. The maximum absolute atomic E-state index is 8.64. The van der Waals surface area contributed by atoms with Crippen LogP contribution in [0.5, 0.6) is 5.88 Å². The minimum absolute atomic E-state index is 0.374. The lowest BCUT2D eigenvalue weighted by molar-refractivity contribution is 0.302. The SMILES string of the molecule is CCOc1c(C#N)[c]nn1CC. The van der Waals surface area contributed by atoms with Crippen LogP contribution in [0.4, 0.5) is 0 Å². The Kier molecular flexibility index (Phi) is 2.70. The maximum Gasteiger partial charge on any atom is 0.230 e. The van der Waals surface area contributed by atoms with Crippen LogP contribution in [0.15, 0.2) is 0 Å². The first kappa shape index (κ1) is 8.60. The summed E-state index contributed by atoms with van der Waals surface area (Å²) in [6, 6.07) is 1.97. The molecule has 4 heteroatoms. The molecule has 1 aromatic rings. The van der Waals surface area contributed by atoms with Crippen molar-refractivity contribution in [1.29, 1.82) is 5.26 Å². The summed E-state index contributed by atoms with van der Waals surface area (Å²) in [6.07, 6.45) is 2.59. The normalized spacial score (nSPS) is 9.42. The molecule has 1 radical (unpaired) electrons. The summed E-state index contributed by atoms with van der Waals surface area (Å²) in [6.45, 7) is 5.03. The molecule has 4 nitrogen and oxygen atoms in total. The van der Waals surface area contributed by atoms with E-state index in [1.807, 2.05) is 19.9 Å². The fourth-order valence-electron chi connectivity index (χ4n) is 0.903. The fourth-order valence-corrected chi connectivity index (χ4v) is 0.903. The minimum atomic E-state index is 0.374. The molecule has 0 bridgehead atoms. The average molecular weight is 164 g/mol. The van der Waals surface area contributed by atoms with Gasteiger partial charge < -0.3 is 4.74 Å². The summed E-state index contributed by atoms with van der Waals surface area (Å²) in [5.74, 6) is 0.516. The molecule has 0 saturated heterocycles. The smallest absolute Gasteiger partial charge is 0.230 e. The topological polar surface area (TPSA) is 50.8 Å². The first-order valence-electron chi connectivity index (χ1n) is 3.84. The second kappa shape index (κ2) is 3.77. The van der Waals surface area contributed by atoms with E-state index in [0.717, 1.165) is 0 Å². The molecule has 0 aliphatic rings. The van der Waals surface area contributed by atoms with Gasteiger partial charge in [-0.25, -0.2) is 4.68 Å². The van der Waals surface area contributed by atoms with E-state index in [2.05, 4.69) is 11.3 Å². The van der Waals surface area contributed by atoms with Crippen LogP contribution in [0.25, 0.3) is 0 Å². The number of rotatable bonds is 3. The van der Waals surface area contributed by atoms with Gasteiger partial charge in [0.1, 0.15) is 17.8 Å². The highest BCUT2D eigenvalue weighted by Gasteiger charge is 2.09. The van der Waals surface area contributed by atoms with E-state index >= 15 is 0 Å². The van der Waals surface area contributed by atoms with Crippen molar-refractivity contribution < 1.29 is 4.74 Å². The third kappa shape index (κ3) is 1.40. The molecular weight excluding hydrogens is 154 g/mol. The molecule has 0 saturated carbocycles. The Morgan fingerprint density at radius 3 is 2.92 bits per heavy atom. The molecule has 1 rings (SSSR count). The number of ether oxygens (including phenoxy) is 1. The molecule has 1 heterocycles. The minimum Gasteiger partial charge on any atom is -0.477 e. The molecule has 0 aliphatic heterocycles. The quantitative estimate of drug-likeness (QED) is 0.669. The monoisotopic (exact) mass is 164 g/mol. The van der Waals surface area contributed by atoms with Crippen molar-refractivity contribution >= 4 is 0 Å². The lowest BCUT2D eigenvalue weighted by Gasteiger charge is -2.04. The molecule has 0 atom stereocenters. The zero-order valence-corrected chi connectivity index (χ0v) is 7.16. The summed E-state index contributed by atoms with van der Waals surface area (Å²) in [5, 5.41) is 12.5. The fraction of sp³-hybridized carbons (Fsp3) is 0.500. The predicted octanol–water partition coefficient (Wildman–Crippen LogP) is 0.974. The van der Waals surface area contributed by atoms with Crippen LogP contribution in [-0.2, 0) is 6.54 Å². The first-order chi connectivity index (χ1) is 5.83. The summed E-state index contributed by atoms with van der Waals surface area (Å²) < 4.78 is 6.85. The predicted molar refractivity (Wildman–Crippen MR) is 42.6 cm³/mol. The number of nitriles is 1. The molecule has 12 heavy (non-hydrogen) atoms. The van der Waals surface area contributed by atoms with Crippen LogP contribution in [0.3, 0.4) is 0 Å². The molecule has 63 valence electrons. The van der Waals surface area contributed by atoms with E-state index < -0.39 is 0 Å². The van der Waals surface area contributed by atoms with Crippen LogP contribution in [0, 0.1) is 17.5 Å². The van der Waals surface area contributed by atoms with Crippen LogP contribution in [-0.4, -0.2) is 16.4 Å². The summed E-state index contributed by atoms with van der Waals surface area (Å²) >= 11 is 0. The van der Waals surface area contributed by atoms with Gasteiger partial charge >= 0.3 is 0 Å². The largest absolute Gasteiger partial charge is 0.477 e. The van der Waals surface area contributed by atoms with Gasteiger partial charge in [0.15, 0.2) is 0 Å². The highest BCUT2D eigenvalue weighted by atomic mass is 16.5. The number of hydrogen-bond acceptors (Lipinski definition) is 3. The summed E-state index contributed by atoms with van der Waals surface area (Å²) in [5.41, 5.74) is 0.374. The molecule has 0 fully saturated rings. The Morgan fingerprint density at radius 1 is 1.67 bits per heavy atom. The molecule has 0 N–H and O–H groups in total. The Balaban J connectivity index is 3.01. The summed E-state index contributed by atoms with van der Waals surface area (Å²) in [4.78, 5) is 0. The lowest BCUT2D eigenvalue weighted by atomic mass is 10.4. The van der Waals surface area contributed by atoms with Gasteiger partial charge in [-0.2, -0.15) is 10.4 Å². The van der Waals surface area contributed by atoms with E-state index in [-0.39, 0.29) is 0 Å². The number of hydrogen-bond donors (Lipinski definition) is 0. The van der Waals surface area contributed by atoms with Crippen molar-refractivity contribution in [2.24, 2.45) is 0 Å². The average Bonchev–Trinajstić information content (AvgIpc) is 2.48. The van der Waals surface area contributed by atoms with Crippen molar-refractivity contribution in [1.82, 2.24) is 9.78 Å². The van der Waals surface area contributed by atoms with Gasteiger partial charge in [0, 0.05) is 6.54 Å². The van der Waals surface area contributed by atoms with E-state index in [9.17, 15) is 0 Å². The third-order valence-corrected chi connectivity index (χ3v) is 1.42. The van der Waals surface area contributed by atoms with Gasteiger partial charge in [-0.3, -0.25) is 0 Å². The van der Waals surface area contributed by atoms with Gasteiger partial charge in [-0.15, -0.1) is 0 Å². The highest BCUT2D eigenvalue weighted by molar-refractivity contribution is 5.35. The van der Waals surface area contributed by atoms with Crippen LogP contribution in [0.1, 0.15) is 19.4 Å². The van der Waals surface area contributed by atoms with Crippen LogP contribution >= 0.6 is 0 Å². The molecule has 0 unspecified atom stereocenters. The zero-order chi connectivity index (χ0) is 8.97. The van der Waals surface area contributed by atoms with E-state index in [1.165, 1.54) is 0 Å². The van der Waals surface area contributed by atoms with E-state index in [4.69, 9.17) is 10.00 Å². The van der Waals surface area contributed by atoms with Crippen LogP contribution in [0.2, 0.25) is 0 Å². The molecular formula is C8H10N3O. The Labute approximate surface area is 71.4 Å². The third-order valence-electron chi connectivity index (χ3n) is 1.42. The van der Waals surface area contributed by atoms with Crippen molar-refractivity contribution in [3.63, 3.8) is 0 Å². The van der Waals surface area contributed by atoms with Crippen molar-refractivity contribution in [3.8, 4) is 11.9 Å². The molecule has 0 aromatic carbocycles. The van der Waals surface area contributed by atoms with Gasteiger partial charge in [-0.1, -0.05) is 0 Å². The standard InChI is InChI=1S/C8H10N3O/c1-3-11-8(12-4-2)7(5-9)6-10-11/h3-4H2,1-2H3. The van der Waals surface area contributed by atoms with E-state index in [1.54, 1.807) is 4.68 Å². The van der Waals surface area contributed by atoms with Crippen molar-refractivity contribution in [2.75, 3.05) is 6.61 Å². The van der Waals surface area contributed by atoms with E-state index in [0.29, 0.717) is 24.6 Å². The van der Waals surface area contributed by atoms with Gasteiger partial charge in [0.05, 0.1) is 6.61 Å². The lowest BCUT2D eigenvalue weighted by Crippen LogP contribution is -2.03. The highest BCUT2D eigenvalue weighted by Crippen LogP contribution is 2.15. The Bertz CT molecular complexity index is 298. The number of nitrogens with zero attached hydrogens (tertiary/aromatic N) is 3. The first-order valence-corrected chi connectivity index (χ1v) is 3.84. The molecule has 0 amide bonds. The second-order valence-electron chi connectivity index (χ2n) is 2.15. The van der Waals surface area contributed by atoms with Gasteiger partial charge in [-0.05, 0) is 13.8 Å².